The van der Waals surface area contributed by atoms with Crippen LogP contribution in [0.1, 0.15) is 5.76 Å². The van der Waals surface area contributed by atoms with E-state index in [1.165, 1.54) is 17.6 Å². The monoisotopic (exact) mass is 310 g/mol. The Morgan fingerprint density at radius 1 is 1.24 bits per heavy atom. The van der Waals surface area contributed by atoms with E-state index in [9.17, 15) is 8.42 Å². The predicted octanol–water partition coefficient (Wildman–Crippen LogP) is 1.70. The molecule has 0 aliphatic rings. The lowest BCUT2D eigenvalue weighted by atomic mass is 10.3. The smallest absolute Gasteiger partial charge is 0.217 e. The number of hydrogen-bond donors (Lipinski definition) is 1. The predicted molar refractivity (Wildman–Crippen MR) is 80.3 cm³/mol. The van der Waals surface area contributed by atoms with Crippen molar-refractivity contribution < 1.29 is 17.6 Å². The van der Waals surface area contributed by atoms with E-state index >= 15 is 0 Å². The fourth-order valence-electron chi connectivity index (χ4n) is 1.75. The first kappa shape index (κ1) is 15.4. The normalized spacial score (nSPS) is 11.7. The molecule has 0 bridgehead atoms. The zero-order valence-electron chi connectivity index (χ0n) is 11.7. The van der Waals surface area contributed by atoms with Crippen LogP contribution in [-0.4, -0.2) is 32.1 Å². The lowest BCUT2D eigenvalue weighted by molar-refractivity contribution is 0.336. The van der Waals surface area contributed by atoms with Crippen LogP contribution in [0.2, 0.25) is 0 Å². The van der Waals surface area contributed by atoms with Crippen LogP contribution in [0.15, 0.2) is 47.1 Å². The highest BCUT2D eigenvalue weighted by Crippen LogP contribution is 2.19. The molecule has 21 heavy (non-hydrogen) atoms. The third kappa shape index (κ3) is 4.24. The number of nitrogens with two attached hydrogens (primary N) is 1. The van der Waals surface area contributed by atoms with Crippen LogP contribution in [0, 0.1) is 0 Å². The summed E-state index contributed by atoms with van der Waals surface area (Å²) in [5.74, 6) is 0.953. The first-order chi connectivity index (χ1) is 9.99. The second kappa shape index (κ2) is 6.64. The minimum Gasteiger partial charge on any atom is -0.490 e. The van der Waals surface area contributed by atoms with Crippen molar-refractivity contribution in [1.82, 2.24) is 4.31 Å². The molecule has 0 aliphatic carbocycles. The molecule has 0 saturated carbocycles. The van der Waals surface area contributed by atoms with E-state index in [2.05, 4.69) is 0 Å². The van der Waals surface area contributed by atoms with E-state index in [1.807, 2.05) is 0 Å². The number of furan rings is 1. The number of hydrogen-bond acceptors (Lipinski definition) is 5. The number of ether oxygens (including phenoxy) is 1. The zero-order chi connectivity index (χ0) is 15.3. The van der Waals surface area contributed by atoms with Crippen LogP contribution in [0.25, 0.3) is 0 Å². The Kier molecular flexibility index (Phi) is 4.87. The molecule has 1 heterocycles. The number of benzene rings is 1. The van der Waals surface area contributed by atoms with Crippen molar-refractivity contribution in [3.05, 3.63) is 48.4 Å². The van der Waals surface area contributed by atoms with Gasteiger partial charge in [-0.3, -0.25) is 0 Å². The quantitative estimate of drug-likeness (QED) is 0.787. The number of sulfonamides is 1. The van der Waals surface area contributed by atoms with Gasteiger partial charge < -0.3 is 14.9 Å². The van der Waals surface area contributed by atoms with Gasteiger partial charge in [-0.15, -0.1) is 0 Å². The molecule has 0 aliphatic heterocycles. The Bertz CT molecular complexity index is 668. The molecule has 1 aromatic carbocycles. The molecule has 114 valence electrons. The Labute approximate surface area is 124 Å². The molecular formula is C14H18N2O4S. The van der Waals surface area contributed by atoms with Crippen molar-refractivity contribution in [1.29, 1.82) is 0 Å². The van der Waals surface area contributed by atoms with Gasteiger partial charge in [-0.25, -0.2) is 8.42 Å². The number of nitrogen functional groups attached to an aromatic ring is 1. The summed E-state index contributed by atoms with van der Waals surface area (Å²) in [5, 5.41) is 0. The molecule has 6 nitrogen and oxygen atoms in total. The Morgan fingerprint density at radius 2 is 2.00 bits per heavy atom. The van der Waals surface area contributed by atoms with Gasteiger partial charge in [-0.05, 0) is 24.3 Å². The Balaban J connectivity index is 1.88. The van der Waals surface area contributed by atoms with Gasteiger partial charge in [0.15, 0.2) is 0 Å². The fraction of sp³-hybridized carbons (Fsp3) is 0.286. The van der Waals surface area contributed by atoms with Crippen molar-refractivity contribution >= 4 is 15.7 Å². The van der Waals surface area contributed by atoms with Crippen molar-refractivity contribution in [3.8, 4) is 5.75 Å². The average Bonchev–Trinajstić information content (AvgIpc) is 2.93. The van der Waals surface area contributed by atoms with Gasteiger partial charge in [0, 0.05) is 7.05 Å². The summed E-state index contributed by atoms with van der Waals surface area (Å²) in [5.41, 5.74) is 6.21. The summed E-state index contributed by atoms with van der Waals surface area (Å²) in [6.07, 6.45) is 1.51. The summed E-state index contributed by atoms with van der Waals surface area (Å²) in [7, 11) is -1.90. The van der Waals surface area contributed by atoms with E-state index < -0.39 is 10.0 Å². The van der Waals surface area contributed by atoms with Crippen molar-refractivity contribution in [2.45, 2.75) is 6.54 Å². The van der Waals surface area contributed by atoms with E-state index in [0.29, 0.717) is 17.2 Å². The largest absolute Gasteiger partial charge is 0.490 e. The maximum atomic E-state index is 12.1. The average molecular weight is 310 g/mol. The Morgan fingerprint density at radius 3 is 2.67 bits per heavy atom. The van der Waals surface area contributed by atoms with E-state index in [-0.39, 0.29) is 18.9 Å². The van der Waals surface area contributed by atoms with Crippen LogP contribution < -0.4 is 10.5 Å². The topological polar surface area (TPSA) is 85.8 Å². The molecule has 0 radical (unpaired) electrons. The van der Waals surface area contributed by atoms with Crippen LogP contribution in [0.3, 0.4) is 0 Å². The van der Waals surface area contributed by atoms with Crippen molar-refractivity contribution in [2.24, 2.45) is 0 Å². The van der Waals surface area contributed by atoms with E-state index in [1.54, 1.807) is 36.4 Å². The first-order valence-corrected chi connectivity index (χ1v) is 8.03. The SMILES string of the molecule is CN(Cc1ccco1)S(=O)(=O)CCOc1ccccc1N. The molecule has 2 rings (SSSR count). The molecule has 2 aromatic rings. The molecule has 0 amide bonds. The van der Waals surface area contributed by atoms with Crippen LogP contribution >= 0.6 is 0 Å². The molecule has 7 heteroatoms. The lowest BCUT2D eigenvalue weighted by Gasteiger charge is -2.16. The zero-order valence-corrected chi connectivity index (χ0v) is 12.5. The summed E-state index contributed by atoms with van der Waals surface area (Å²) in [6, 6.07) is 10.4. The fourth-order valence-corrected chi connectivity index (χ4v) is 2.67. The first-order valence-electron chi connectivity index (χ1n) is 6.43. The maximum absolute atomic E-state index is 12.1. The van der Waals surface area contributed by atoms with Gasteiger partial charge in [0.05, 0.1) is 24.2 Å². The number of rotatable bonds is 7. The van der Waals surface area contributed by atoms with Crippen molar-refractivity contribution in [2.75, 3.05) is 25.1 Å². The molecule has 0 spiro atoms. The third-order valence-corrected chi connectivity index (χ3v) is 4.71. The standard InChI is InChI=1S/C14H18N2O4S/c1-16(11-12-5-4-8-19-12)21(17,18)10-9-20-14-7-3-2-6-13(14)15/h2-8H,9-11,15H2,1H3. The number of nitrogens with zero attached hydrogens (tertiary/aromatic N) is 1. The van der Waals surface area contributed by atoms with Crippen LogP contribution in [-0.2, 0) is 16.6 Å². The highest BCUT2D eigenvalue weighted by atomic mass is 32.2. The second-order valence-corrected chi connectivity index (χ2v) is 6.73. The molecule has 0 atom stereocenters. The van der Waals surface area contributed by atoms with Gasteiger partial charge in [0.25, 0.3) is 0 Å². The molecule has 0 fully saturated rings. The van der Waals surface area contributed by atoms with Gasteiger partial charge in [0.2, 0.25) is 10.0 Å². The molecule has 2 N–H and O–H groups in total. The number of anilines is 1. The molecule has 0 saturated heterocycles. The lowest BCUT2D eigenvalue weighted by Crippen LogP contribution is -2.31. The van der Waals surface area contributed by atoms with Crippen LogP contribution in [0.4, 0.5) is 5.69 Å². The summed E-state index contributed by atoms with van der Waals surface area (Å²) in [4.78, 5) is 0. The van der Waals surface area contributed by atoms with Gasteiger partial charge in [0.1, 0.15) is 18.1 Å². The van der Waals surface area contributed by atoms with E-state index in [0.717, 1.165) is 0 Å². The minimum atomic E-state index is -3.41. The summed E-state index contributed by atoms with van der Waals surface area (Å²) in [6.45, 7) is 0.238. The molecule has 0 unspecified atom stereocenters. The van der Waals surface area contributed by atoms with E-state index in [4.69, 9.17) is 14.9 Å². The van der Waals surface area contributed by atoms with Gasteiger partial charge >= 0.3 is 0 Å². The summed E-state index contributed by atoms with van der Waals surface area (Å²) < 4.78 is 36.0. The number of para-hydroxylation sites is 2. The van der Waals surface area contributed by atoms with Gasteiger partial charge in [-0.1, -0.05) is 12.1 Å². The highest BCUT2D eigenvalue weighted by Gasteiger charge is 2.19. The second-order valence-electron chi connectivity index (χ2n) is 4.54. The summed E-state index contributed by atoms with van der Waals surface area (Å²) >= 11 is 0. The molecular weight excluding hydrogens is 292 g/mol. The molecule has 1 aromatic heterocycles. The Hall–Kier alpha value is -1.99. The third-order valence-electron chi connectivity index (χ3n) is 2.95. The minimum absolute atomic E-state index is 0.0407. The highest BCUT2D eigenvalue weighted by molar-refractivity contribution is 7.89. The maximum Gasteiger partial charge on any atom is 0.217 e. The van der Waals surface area contributed by atoms with Crippen LogP contribution in [0.5, 0.6) is 5.75 Å². The van der Waals surface area contributed by atoms with Gasteiger partial charge in [-0.2, -0.15) is 4.31 Å². The van der Waals surface area contributed by atoms with Crippen molar-refractivity contribution in [3.63, 3.8) is 0 Å².